The van der Waals surface area contributed by atoms with Crippen LogP contribution in [-0.4, -0.2) is 34.9 Å². The maximum Gasteiger partial charge on any atom is 0.220 e. The van der Waals surface area contributed by atoms with E-state index in [-0.39, 0.29) is 12.5 Å². The first-order valence-electron chi connectivity index (χ1n) is 19.2. The lowest BCUT2D eigenvalue weighted by Crippen LogP contribution is -2.45. The zero-order chi connectivity index (χ0) is 30.8. The molecule has 42 heavy (non-hydrogen) atoms. The number of unbranched alkanes of at least 4 members (excludes halogenated alkanes) is 28. The molecule has 0 aromatic carbocycles. The van der Waals surface area contributed by atoms with Gasteiger partial charge in [0, 0.05) is 6.42 Å². The Bertz CT molecular complexity index is 526. The summed E-state index contributed by atoms with van der Waals surface area (Å²) in [5.41, 5.74) is 0. The van der Waals surface area contributed by atoms with Crippen molar-refractivity contribution in [2.75, 3.05) is 6.61 Å². The number of aliphatic hydroxyl groups is 2. The monoisotopic (exact) mass is 596 g/mol. The highest BCUT2D eigenvalue weighted by molar-refractivity contribution is 5.76. The van der Waals surface area contributed by atoms with Crippen LogP contribution in [0.25, 0.3) is 0 Å². The number of carbonyl (C=O) groups excluding carboxylic acids is 1. The standard InChI is InChI=1S/C38H77NO3/c1-3-5-7-9-11-13-15-17-18-19-20-21-22-23-25-27-29-31-33-37(41)36(35-40)39-38(42)34-32-30-28-26-24-16-14-12-10-8-6-4-2/h36-37,40-41H,3-35H2,1-2H3,(H,39,42). The van der Waals surface area contributed by atoms with Crippen LogP contribution < -0.4 is 5.32 Å². The van der Waals surface area contributed by atoms with Crippen LogP contribution in [-0.2, 0) is 4.79 Å². The Morgan fingerprint density at radius 2 is 0.762 bits per heavy atom. The summed E-state index contributed by atoms with van der Waals surface area (Å²) >= 11 is 0. The van der Waals surface area contributed by atoms with Crippen LogP contribution in [0.3, 0.4) is 0 Å². The average molecular weight is 596 g/mol. The molecule has 0 rings (SSSR count). The normalized spacial score (nSPS) is 13.0. The Morgan fingerprint density at radius 3 is 1.07 bits per heavy atom. The van der Waals surface area contributed by atoms with Crippen molar-refractivity contribution in [3.8, 4) is 0 Å². The van der Waals surface area contributed by atoms with Crippen molar-refractivity contribution in [2.45, 2.75) is 231 Å². The molecule has 0 fully saturated rings. The van der Waals surface area contributed by atoms with Crippen molar-refractivity contribution >= 4 is 5.91 Å². The Kier molecular flexibility index (Phi) is 34.4. The number of aliphatic hydroxyl groups excluding tert-OH is 2. The van der Waals surface area contributed by atoms with E-state index in [1.54, 1.807) is 0 Å². The minimum absolute atomic E-state index is 0.0296. The third kappa shape index (κ3) is 30.8. The van der Waals surface area contributed by atoms with Gasteiger partial charge in [0.2, 0.25) is 5.91 Å². The van der Waals surface area contributed by atoms with Crippen molar-refractivity contribution in [2.24, 2.45) is 0 Å². The summed E-state index contributed by atoms with van der Waals surface area (Å²) in [5.74, 6) is -0.0296. The first-order valence-corrected chi connectivity index (χ1v) is 19.2. The van der Waals surface area contributed by atoms with Gasteiger partial charge in [0.05, 0.1) is 18.8 Å². The molecular formula is C38H77NO3. The molecule has 4 heteroatoms. The molecule has 252 valence electrons. The number of amides is 1. The summed E-state index contributed by atoms with van der Waals surface area (Å²) in [6.07, 6.45) is 40.2. The molecule has 0 aromatic rings. The lowest BCUT2D eigenvalue weighted by molar-refractivity contribution is -0.123. The average Bonchev–Trinajstić information content (AvgIpc) is 2.99. The molecule has 0 aromatic heterocycles. The lowest BCUT2D eigenvalue weighted by atomic mass is 10.0. The number of hydrogen-bond donors (Lipinski definition) is 3. The molecular weight excluding hydrogens is 518 g/mol. The molecule has 0 aliphatic carbocycles. The van der Waals surface area contributed by atoms with Gasteiger partial charge in [-0.25, -0.2) is 0 Å². The predicted molar refractivity (Wildman–Crippen MR) is 184 cm³/mol. The summed E-state index contributed by atoms with van der Waals surface area (Å²) < 4.78 is 0. The minimum atomic E-state index is -0.651. The van der Waals surface area contributed by atoms with Gasteiger partial charge in [0.25, 0.3) is 0 Å². The molecule has 0 bridgehead atoms. The van der Waals surface area contributed by atoms with Gasteiger partial charge in [-0.1, -0.05) is 200 Å². The van der Waals surface area contributed by atoms with Crippen LogP contribution in [0.2, 0.25) is 0 Å². The summed E-state index contributed by atoms with van der Waals surface area (Å²) in [4.78, 5) is 12.3. The maximum absolute atomic E-state index is 12.3. The molecule has 3 N–H and O–H groups in total. The molecule has 4 nitrogen and oxygen atoms in total. The van der Waals surface area contributed by atoms with E-state index in [1.807, 2.05) is 0 Å². The molecule has 0 saturated heterocycles. The van der Waals surface area contributed by atoms with Crippen LogP contribution in [0.5, 0.6) is 0 Å². The van der Waals surface area contributed by atoms with Gasteiger partial charge in [-0.15, -0.1) is 0 Å². The Hall–Kier alpha value is -0.610. The SMILES string of the molecule is CCCCCCCCCCCCCCCCCCCCC(O)C(CO)NC(=O)CCCCCCCCCCCCCC. The smallest absolute Gasteiger partial charge is 0.220 e. The van der Waals surface area contributed by atoms with Crippen LogP contribution in [0, 0.1) is 0 Å². The summed E-state index contributed by atoms with van der Waals surface area (Å²) in [6, 6.07) is -0.527. The Morgan fingerprint density at radius 1 is 0.476 bits per heavy atom. The van der Waals surface area contributed by atoms with E-state index in [0.717, 1.165) is 25.7 Å². The molecule has 0 radical (unpaired) electrons. The molecule has 0 aliphatic rings. The summed E-state index contributed by atoms with van der Waals surface area (Å²) in [5, 5.41) is 23.1. The fourth-order valence-corrected chi connectivity index (χ4v) is 6.13. The second-order valence-corrected chi connectivity index (χ2v) is 13.4. The van der Waals surface area contributed by atoms with Crippen molar-refractivity contribution in [3.05, 3.63) is 0 Å². The van der Waals surface area contributed by atoms with Crippen molar-refractivity contribution in [1.29, 1.82) is 0 Å². The molecule has 0 spiro atoms. The van der Waals surface area contributed by atoms with Gasteiger partial charge < -0.3 is 15.5 Å². The zero-order valence-electron chi connectivity index (χ0n) is 28.8. The minimum Gasteiger partial charge on any atom is -0.394 e. The van der Waals surface area contributed by atoms with Crippen LogP contribution in [0.1, 0.15) is 219 Å². The molecule has 1 amide bonds. The molecule has 2 atom stereocenters. The lowest BCUT2D eigenvalue weighted by Gasteiger charge is -2.22. The van der Waals surface area contributed by atoms with Crippen molar-refractivity contribution in [3.63, 3.8) is 0 Å². The van der Waals surface area contributed by atoms with Crippen LogP contribution >= 0.6 is 0 Å². The van der Waals surface area contributed by atoms with Gasteiger partial charge in [0.15, 0.2) is 0 Å². The van der Waals surface area contributed by atoms with E-state index in [2.05, 4.69) is 19.2 Å². The third-order valence-corrected chi connectivity index (χ3v) is 9.12. The second-order valence-electron chi connectivity index (χ2n) is 13.4. The first-order chi connectivity index (χ1) is 20.7. The van der Waals surface area contributed by atoms with E-state index < -0.39 is 12.1 Å². The molecule has 0 heterocycles. The number of nitrogens with one attached hydrogen (secondary N) is 1. The highest BCUT2D eigenvalue weighted by atomic mass is 16.3. The zero-order valence-corrected chi connectivity index (χ0v) is 28.8. The highest BCUT2D eigenvalue weighted by Gasteiger charge is 2.19. The Balaban J connectivity index is 3.50. The largest absolute Gasteiger partial charge is 0.394 e. The van der Waals surface area contributed by atoms with Gasteiger partial charge >= 0.3 is 0 Å². The van der Waals surface area contributed by atoms with Crippen molar-refractivity contribution in [1.82, 2.24) is 5.32 Å². The maximum atomic E-state index is 12.3. The van der Waals surface area contributed by atoms with Gasteiger partial charge in [-0.2, -0.15) is 0 Å². The topological polar surface area (TPSA) is 69.6 Å². The van der Waals surface area contributed by atoms with Gasteiger partial charge in [-0.3, -0.25) is 4.79 Å². The van der Waals surface area contributed by atoms with Crippen molar-refractivity contribution < 1.29 is 15.0 Å². The van der Waals surface area contributed by atoms with Gasteiger partial charge in [-0.05, 0) is 12.8 Å². The van der Waals surface area contributed by atoms with Gasteiger partial charge in [0.1, 0.15) is 0 Å². The summed E-state index contributed by atoms with van der Waals surface area (Å²) in [6.45, 7) is 4.36. The fourth-order valence-electron chi connectivity index (χ4n) is 6.13. The number of rotatable bonds is 35. The molecule has 0 saturated carbocycles. The van der Waals surface area contributed by atoms with E-state index in [0.29, 0.717) is 12.8 Å². The number of carbonyl (C=O) groups is 1. The molecule has 2 unspecified atom stereocenters. The van der Waals surface area contributed by atoms with E-state index in [4.69, 9.17) is 0 Å². The first kappa shape index (κ1) is 41.4. The quantitative estimate of drug-likeness (QED) is 0.0638. The van der Waals surface area contributed by atoms with E-state index >= 15 is 0 Å². The van der Waals surface area contributed by atoms with E-state index in [9.17, 15) is 15.0 Å². The van der Waals surface area contributed by atoms with Crippen LogP contribution in [0.4, 0.5) is 0 Å². The predicted octanol–water partition coefficient (Wildman–Crippen LogP) is 11.3. The fraction of sp³-hybridized carbons (Fsp3) is 0.974. The van der Waals surface area contributed by atoms with Crippen LogP contribution in [0.15, 0.2) is 0 Å². The number of hydrogen-bond acceptors (Lipinski definition) is 3. The third-order valence-electron chi connectivity index (χ3n) is 9.12. The molecule has 0 aliphatic heterocycles. The highest BCUT2D eigenvalue weighted by Crippen LogP contribution is 2.16. The van der Waals surface area contributed by atoms with E-state index in [1.165, 1.54) is 167 Å². The Labute approximate surface area is 264 Å². The summed E-state index contributed by atoms with van der Waals surface area (Å²) in [7, 11) is 0. The second kappa shape index (κ2) is 34.9.